The van der Waals surface area contributed by atoms with E-state index >= 15 is 0 Å². The van der Waals surface area contributed by atoms with E-state index in [1.165, 1.54) is 11.1 Å². The summed E-state index contributed by atoms with van der Waals surface area (Å²) in [5.74, 6) is -0.374. The maximum Gasteiger partial charge on any atom is 0.272 e. The molecule has 1 aliphatic rings. The predicted molar refractivity (Wildman–Crippen MR) is 96.3 cm³/mol. The number of hydrogen-bond acceptors (Lipinski definition) is 3. The van der Waals surface area contributed by atoms with E-state index in [4.69, 9.17) is 0 Å². The highest BCUT2D eigenvalue weighted by Crippen LogP contribution is 2.20. The topological polar surface area (TPSA) is 62.3 Å². The lowest BCUT2D eigenvalue weighted by atomic mass is 10.00. The highest BCUT2D eigenvalue weighted by molar-refractivity contribution is 5.96. The summed E-state index contributed by atoms with van der Waals surface area (Å²) in [6.07, 6.45) is 1.69. The second-order valence-corrected chi connectivity index (χ2v) is 6.44. The first kappa shape index (κ1) is 17.1. The Labute approximate surface area is 148 Å². The molecule has 2 aromatic rings. The minimum absolute atomic E-state index is 0.0762. The SMILES string of the molecule is CCC(C)NC(=O)c1cccc(C(=O)N2CCc3ccccc3C2)n1. The Morgan fingerprint density at radius 1 is 1.12 bits per heavy atom. The van der Waals surface area contributed by atoms with Crippen LogP contribution in [0.1, 0.15) is 52.4 Å². The Morgan fingerprint density at radius 3 is 2.60 bits per heavy atom. The fourth-order valence-corrected chi connectivity index (χ4v) is 2.91. The Bertz CT molecular complexity index is 788. The van der Waals surface area contributed by atoms with Gasteiger partial charge in [-0.15, -0.1) is 0 Å². The van der Waals surface area contributed by atoms with E-state index in [1.54, 1.807) is 23.1 Å². The van der Waals surface area contributed by atoms with Gasteiger partial charge in [0.2, 0.25) is 0 Å². The van der Waals surface area contributed by atoms with Crippen molar-refractivity contribution in [1.29, 1.82) is 0 Å². The summed E-state index contributed by atoms with van der Waals surface area (Å²) in [6.45, 7) is 5.20. The number of pyridine rings is 1. The van der Waals surface area contributed by atoms with E-state index < -0.39 is 0 Å². The van der Waals surface area contributed by atoms with Gasteiger partial charge in [0.15, 0.2) is 0 Å². The Hall–Kier alpha value is -2.69. The molecule has 1 aromatic heterocycles. The predicted octanol–water partition coefficient (Wildman–Crippen LogP) is 2.81. The van der Waals surface area contributed by atoms with Crippen LogP contribution in [0.5, 0.6) is 0 Å². The van der Waals surface area contributed by atoms with Gasteiger partial charge in [-0.3, -0.25) is 9.59 Å². The molecule has 0 aliphatic carbocycles. The van der Waals surface area contributed by atoms with Crippen molar-refractivity contribution in [3.63, 3.8) is 0 Å². The minimum atomic E-state index is -0.243. The molecule has 0 fully saturated rings. The first-order valence-electron chi connectivity index (χ1n) is 8.72. The van der Waals surface area contributed by atoms with Gasteiger partial charge in [0, 0.05) is 19.1 Å². The molecule has 130 valence electrons. The zero-order chi connectivity index (χ0) is 17.8. The summed E-state index contributed by atoms with van der Waals surface area (Å²) in [6, 6.07) is 13.3. The minimum Gasteiger partial charge on any atom is -0.348 e. The zero-order valence-electron chi connectivity index (χ0n) is 14.7. The second-order valence-electron chi connectivity index (χ2n) is 6.44. The van der Waals surface area contributed by atoms with E-state index in [9.17, 15) is 9.59 Å². The van der Waals surface area contributed by atoms with Crippen molar-refractivity contribution in [3.05, 3.63) is 65.0 Å². The normalized spacial score (nSPS) is 14.6. The number of carbonyl (C=O) groups is 2. The van der Waals surface area contributed by atoms with Crippen molar-refractivity contribution in [2.75, 3.05) is 6.54 Å². The number of hydrogen-bond donors (Lipinski definition) is 1. The Morgan fingerprint density at radius 2 is 1.84 bits per heavy atom. The van der Waals surface area contributed by atoms with E-state index in [2.05, 4.69) is 22.4 Å². The average molecular weight is 337 g/mol. The molecular formula is C20H23N3O2. The molecule has 1 atom stereocenters. The summed E-state index contributed by atoms with van der Waals surface area (Å²) in [5.41, 5.74) is 3.06. The third kappa shape index (κ3) is 3.87. The standard InChI is InChI=1S/C20H23N3O2/c1-3-14(2)21-19(24)17-9-6-10-18(22-17)20(25)23-12-11-15-7-4-5-8-16(15)13-23/h4-10,14H,3,11-13H2,1-2H3,(H,21,24). The first-order valence-corrected chi connectivity index (χ1v) is 8.72. The lowest BCUT2D eigenvalue weighted by Gasteiger charge is -2.28. The number of nitrogens with zero attached hydrogens (tertiary/aromatic N) is 2. The van der Waals surface area contributed by atoms with Crippen molar-refractivity contribution in [2.45, 2.75) is 39.3 Å². The summed E-state index contributed by atoms with van der Waals surface area (Å²) >= 11 is 0. The van der Waals surface area contributed by atoms with Gasteiger partial charge < -0.3 is 10.2 Å². The van der Waals surface area contributed by atoms with Crippen LogP contribution in [-0.2, 0) is 13.0 Å². The fourth-order valence-electron chi connectivity index (χ4n) is 2.91. The lowest BCUT2D eigenvalue weighted by molar-refractivity contribution is 0.0728. The Kier molecular flexibility index (Phi) is 5.12. The summed E-state index contributed by atoms with van der Waals surface area (Å²) in [4.78, 5) is 31.1. The molecule has 2 heterocycles. The fraction of sp³-hybridized carbons (Fsp3) is 0.350. The van der Waals surface area contributed by atoms with Crippen LogP contribution in [0.2, 0.25) is 0 Å². The molecule has 5 nitrogen and oxygen atoms in total. The molecule has 1 aliphatic heterocycles. The first-order chi connectivity index (χ1) is 12.1. The summed E-state index contributed by atoms with van der Waals surface area (Å²) in [7, 11) is 0. The Balaban J connectivity index is 1.75. The molecule has 0 bridgehead atoms. The molecule has 25 heavy (non-hydrogen) atoms. The highest BCUT2D eigenvalue weighted by atomic mass is 16.2. The van der Waals surface area contributed by atoms with Crippen LogP contribution in [0.25, 0.3) is 0 Å². The molecule has 1 unspecified atom stereocenters. The monoisotopic (exact) mass is 337 g/mol. The smallest absolute Gasteiger partial charge is 0.272 e. The molecule has 1 N–H and O–H groups in total. The highest BCUT2D eigenvalue weighted by Gasteiger charge is 2.23. The van der Waals surface area contributed by atoms with E-state index in [-0.39, 0.29) is 23.6 Å². The molecule has 0 radical (unpaired) electrons. The number of rotatable bonds is 4. The van der Waals surface area contributed by atoms with Crippen LogP contribution < -0.4 is 5.32 Å². The number of aromatic nitrogens is 1. The van der Waals surface area contributed by atoms with Crippen LogP contribution in [0, 0.1) is 0 Å². The van der Waals surface area contributed by atoms with Gasteiger partial charge in [-0.1, -0.05) is 37.3 Å². The van der Waals surface area contributed by atoms with Gasteiger partial charge in [0.05, 0.1) is 0 Å². The molecule has 0 saturated carbocycles. The van der Waals surface area contributed by atoms with E-state index in [0.717, 1.165) is 12.8 Å². The molecule has 5 heteroatoms. The molecule has 0 saturated heterocycles. The molecule has 2 amide bonds. The maximum atomic E-state index is 12.8. The largest absolute Gasteiger partial charge is 0.348 e. The molecule has 1 aromatic carbocycles. The van der Waals surface area contributed by atoms with Crippen molar-refractivity contribution in [2.24, 2.45) is 0 Å². The van der Waals surface area contributed by atoms with Crippen LogP contribution in [0.4, 0.5) is 0 Å². The second kappa shape index (κ2) is 7.47. The van der Waals surface area contributed by atoms with Crippen molar-refractivity contribution in [1.82, 2.24) is 15.2 Å². The quantitative estimate of drug-likeness (QED) is 0.933. The van der Waals surface area contributed by atoms with Gasteiger partial charge >= 0.3 is 0 Å². The third-order valence-electron chi connectivity index (χ3n) is 4.61. The third-order valence-corrected chi connectivity index (χ3v) is 4.61. The van der Waals surface area contributed by atoms with Crippen LogP contribution in [0.15, 0.2) is 42.5 Å². The van der Waals surface area contributed by atoms with E-state index in [1.807, 2.05) is 26.0 Å². The molecule has 3 rings (SSSR count). The van der Waals surface area contributed by atoms with Gasteiger partial charge in [-0.25, -0.2) is 4.98 Å². The number of carbonyl (C=O) groups excluding carboxylic acids is 2. The molecule has 0 spiro atoms. The molecular weight excluding hydrogens is 314 g/mol. The van der Waals surface area contributed by atoms with Crippen molar-refractivity contribution < 1.29 is 9.59 Å². The zero-order valence-corrected chi connectivity index (χ0v) is 14.7. The van der Waals surface area contributed by atoms with Crippen LogP contribution in [0.3, 0.4) is 0 Å². The van der Waals surface area contributed by atoms with Crippen molar-refractivity contribution >= 4 is 11.8 Å². The number of amides is 2. The van der Waals surface area contributed by atoms with Crippen LogP contribution >= 0.6 is 0 Å². The van der Waals surface area contributed by atoms with Gasteiger partial charge in [0.25, 0.3) is 11.8 Å². The van der Waals surface area contributed by atoms with Gasteiger partial charge in [-0.05, 0) is 43.0 Å². The summed E-state index contributed by atoms with van der Waals surface area (Å²) in [5, 5.41) is 2.88. The number of fused-ring (bicyclic) bond motifs is 1. The average Bonchev–Trinajstić information content (AvgIpc) is 2.67. The maximum absolute atomic E-state index is 12.8. The van der Waals surface area contributed by atoms with Gasteiger partial charge in [0.1, 0.15) is 11.4 Å². The number of nitrogens with one attached hydrogen (secondary N) is 1. The lowest BCUT2D eigenvalue weighted by Crippen LogP contribution is -2.37. The van der Waals surface area contributed by atoms with Crippen LogP contribution in [-0.4, -0.2) is 34.3 Å². The van der Waals surface area contributed by atoms with E-state index in [0.29, 0.717) is 18.8 Å². The van der Waals surface area contributed by atoms with Crippen molar-refractivity contribution in [3.8, 4) is 0 Å². The summed E-state index contributed by atoms with van der Waals surface area (Å²) < 4.78 is 0. The van der Waals surface area contributed by atoms with Gasteiger partial charge in [-0.2, -0.15) is 0 Å². The number of benzene rings is 1.